The molecule has 0 saturated carbocycles. The van der Waals surface area contributed by atoms with Crippen LogP contribution in [-0.2, 0) is 9.84 Å². The number of benzene rings is 1. The van der Waals surface area contributed by atoms with Gasteiger partial charge in [-0.25, -0.2) is 8.42 Å². The number of hydrogen-bond donors (Lipinski definition) is 0. The van der Waals surface area contributed by atoms with Crippen LogP contribution in [0.4, 0.5) is 0 Å². The van der Waals surface area contributed by atoms with E-state index < -0.39 is 9.84 Å². The highest BCUT2D eigenvalue weighted by Crippen LogP contribution is 2.20. The van der Waals surface area contributed by atoms with Crippen molar-refractivity contribution in [2.24, 2.45) is 0 Å². The van der Waals surface area contributed by atoms with Crippen molar-refractivity contribution in [3.63, 3.8) is 0 Å². The Labute approximate surface area is 94.8 Å². The Morgan fingerprint density at radius 2 is 1.75 bits per heavy atom. The first kappa shape index (κ1) is 10.7. The summed E-state index contributed by atoms with van der Waals surface area (Å²) in [7, 11) is -3.41. The number of hydrogen-bond acceptors (Lipinski definition) is 2. The molecule has 0 N–H and O–H groups in total. The fourth-order valence-corrected chi connectivity index (χ4v) is 2.61. The van der Waals surface area contributed by atoms with Gasteiger partial charge in [0.25, 0.3) is 0 Å². The van der Waals surface area contributed by atoms with Gasteiger partial charge < -0.3 is 0 Å². The van der Waals surface area contributed by atoms with E-state index in [9.17, 15) is 8.42 Å². The summed E-state index contributed by atoms with van der Waals surface area (Å²) in [6, 6.07) is 8.37. The van der Waals surface area contributed by atoms with Gasteiger partial charge in [0, 0.05) is 0 Å². The second-order valence-electron chi connectivity index (χ2n) is 3.25. The summed E-state index contributed by atoms with van der Waals surface area (Å²) in [5.41, 5.74) is 2.79. The van der Waals surface area contributed by atoms with Gasteiger partial charge in [0.1, 0.15) is 0 Å². The van der Waals surface area contributed by atoms with Crippen molar-refractivity contribution < 1.29 is 8.42 Å². The highest BCUT2D eigenvalue weighted by molar-refractivity contribution is 7.95. The van der Waals surface area contributed by atoms with Crippen molar-refractivity contribution in [2.45, 2.75) is 4.90 Å². The van der Waals surface area contributed by atoms with Gasteiger partial charge in [0.05, 0.1) is 9.80 Å². The summed E-state index contributed by atoms with van der Waals surface area (Å²) in [4.78, 5) is 0.554. The van der Waals surface area contributed by atoms with Gasteiger partial charge in [-0.1, -0.05) is 30.4 Å². The summed E-state index contributed by atoms with van der Waals surface area (Å²) in [5.74, 6) is 0. The second-order valence-corrected chi connectivity index (χ2v) is 5.20. The molecule has 80 valence electrons. The third kappa shape index (κ3) is 2.06. The van der Waals surface area contributed by atoms with Gasteiger partial charge in [-0.2, -0.15) is 0 Å². The average molecular weight is 230 g/mol. The molecule has 0 heterocycles. The average Bonchev–Trinajstić information content (AvgIpc) is 2.59. The van der Waals surface area contributed by atoms with Crippen LogP contribution in [0.25, 0.3) is 0 Å². The minimum Gasteiger partial charge on any atom is -0.218 e. The van der Waals surface area contributed by atoms with Crippen LogP contribution in [0.1, 0.15) is 0 Å². The molecule has 0 aliphatic heterocycles. The zero-order valence-corrected chi connectivity index (χ0v) is 9.31. The number of allylic oxidation sites excluding steroid dienone is 4. The van der Waals surface area contributed by atoms with Crippen LogP contribution in [0.15, 0.2) is 76.2 Å². The lowest BCUT2D eigenvalue weighted by Gasteiger charge is -2.03. The first-order valence-corrected chi connectivity index (χ1v) is 6.29. The molecule has 1 aromatic rings. The lowest BCUT2D eigenvalue weighted by atomic mass is 10.4. The summed E-state index contributed by atoms with van der Waals surface area (Å²) in [6.45, 7) is 0. The molecule has 2 rings (SSSR count). The molecule has 1 aliphatic rings. The second kappa shape index (κ2) is 4.35. The molecular weight excluding hydrogens is 220 g/mol. The topological polar surface area (TPSA) is 34.1 Å². The Balaban J connectivity index is 2.53. The molecular formula is C13H10O2S. The molecule has 1 aliphatic carbocycles. The Bertz CT molecular complexity index is 599. The van der Waals surface area contributed by atoms with E-state index in [2.05, 4.69) is 5.73 Å². The standard InChI is InChI=1S/C13H10O2S/c14-16(15,13-10-6-3-7-11-13)12-8-4-1-2-5-9-12/h1-4,6-11H. The van der Waals surface area contributed by atoms with E-state index >= 15 is 0 Å². The Kier molecular flexibility index (Phi) is 2.91. The van der Waals surface area contributed by atoms with Crippen LogP contribution >= 0.6 is 0 Å². The number of rotatable bonds is 2. The SMILES string of the molecule is O=S(=O)(C1=CC=CC=C=C1)c1ccccc1. The first-order valence-electron chi connectivity index (χ1n) is 4.81. The summed E-state index contributed by atoms with van der Waals surface area (Å²) < 4.78 is 24.3. The summed E-state index contributed by atoms with van der Waals surface area (Å²) in [6.07, 6.45) is 8.14. The van der Waals surface area contributed by atoms with E-state index in [1.165, 1.54) is 6.08 Å². The molecule has 0 fully saturated rings. The lowest BCUT2D eigenvalue weighted by Crippen LogP contribution is -2.02. The van der Waals surface area contributed by atoms with Crippen molar-refractivity contribution in [3.05, 3.63) is 71.3 Å². The van der Waals surface area contributed by atoms with Crippen molar-refractivity contribution in [1.82, 2.24) is 0 Å². The summed E-state index contributed by atoms with van der Waals surface area (Å²) in [5, 5.41) is 0. The van der Waals surface area contributed by atoms with E-state index in [0.717, 1.165) is 0 Å². The largest absolute Gasteiger partial charge is 0.218 e. The fourth-order valence-electron chi connectivity index (χ4n) is 1.34. The molecule has 0 bridgehead atoms. The molecule has 0 amide bonds. The van der Waals surface area contributed by atoms with Crippen LogP contribution in [0.5, 0.6) is 0 Å². The molecule has 0 spiro atoms. The molecule has 0 saturated heterocycles. The van der Waals surface area contributed by atoms with Gasteiger partial charge in [0.15, 0.2) is 0 Å². The molecule has 3 heteroatoms. The van der Waals surface area contributed by atoms with Crippen LogP contribution in [0.2, 0.25) is 0 Å². The third-order valence-corrected chi connectivity index (χ3v) is 3.92. The lowest BCUT2D eigenvalue weighted by molar-refractivity contribution is 0.603. The highest BCUT2D eigenvalue weighted by Gasteiger charge is 2.17. The molecule has 0 unspecified atom stereocenters. The third-order valence-electron chi connectivity index (χ3n) is 2.15. The van der Waals surface area contributed by atoms with Gasteiger partial charge in [-0.15, -0.1) is 5.73 Å². The molecule has 0 atom stereocenters. The van der Waals surface area contributed by atoms with Crippen LogP contribution < -0.4 is 0 Å². The predicted octanol–water partition coefficient (Wildman–Crippen LogP) is 2.63. The van der Waals surface area contributed by atoms with Crippen molar-refractivity contribution in [2.75, 3.05) is 0 Å². The Morgan fingerprint density at radius 3 is 2.50 bits per heavy atom. The van der Waals surface area contributed by atoms with E-state index in [1.54, 1.807) is 54.6 Å². The maximum Gasteiger partial charge on any atom is 0.207 e. The number of sulfone groups is 1. The van der Waals surface area contributed by atoms with Gasteiger partial charge in [0.2, 0.25) is 9.84 Å². The highest BCUT2D eigenvalue weighted by atomic mass is 32.2. The van der Waals surface area contributed by atoms with Gasteiger partial charge in [-0.3, -0.25) is 0 Å². The smallest absolute Gasteiger partial charge is 0.207 e. The first-order chi connectivity index (χ1) is 7.71. The van der Waals surface area contributed by atoms with Crippen LogP contribution in [-0.4, -0.2) is 8.42 Å². The normalized spacial score (nSPS) is 14.6. The summed E-state index contributed by atoms with van der Waals surface area (Å²) >= 11 is 0. The maximum absolute atomic E-state index is 12.2. The van der Waals surface area contributed by atoms with Gasteiger partial charge in [-0.05, 0) is 30.4 Å². The molecule has 2 nitrogen and oxygen atoms in total. The molecule has 16 heavy (non-hydrogen) atoms. The van der Waals surface area contributed by atoms with E-state index in [4.69, 9.17) is 0 Å². The van der Waals surface area contributed by atoms with E-state index in [1.807, 2.05) is 0 Å². The Hall–Kier alpha value is -1.83. The minimum atomic E-state index is -3.41. The van der Waals surface area contributed by atoms with Crippen LogP contribution in [0.3, 0.4) is 0 Å². The zero-order chi connectivity index (χ0) is 11.4. The van der Waals surface area contributed by atoms with Crippen molar-refractivity contribution >= 4 is 9.84 Å². The fraction of sp³-hybridized carbons (Fsp3) is 0. The zero-order valence-electron chi connectivity index (χ0n) is 8.50. The van der Waals surface area contributed by atoms with E-state index in [-0.39, 0.29) is 4.91 Å². The molecule has 0 radical (unpaired) electrons. The van der Waals surface area contributed by atoms with Gasteiger partial charge >= 0.3 is 0 Å². The molecule has 1 aromatic carbocycles. The van der Waals surface area contributed by atoms with Crippen molar-refractivity contribution in [3.8, 4) is 0 Å². The Morgan fingerprint density at radius 1 is 1.00 bits per heavy atom. The monoisotopic (exact) mass is 230 g/mol. The maximum atomic E-state index is 12.2. The minimum absolute atomic E-state index is 0.253. The van der Waals surface area contributed by atoms with Crippen molar-refractivity contribution in [1.29, 1.82) is 0 Å². The quantitative estimate of drug-likeness (QED) is 0.732. The van der Waals surface area contributed by atoms with E-state index in [0.29, 0.717) is 4.90 Å². The predicted molar refractivity (Wildman–Crippen MR) is 63.5 cm³/mol. The van der Waals surface area contributed by atoms with Crippen LogP contribution in [0, 0.1) is 0 Å². The molecule has 0 aromatic heterocycles.